The number of pyridine rings is 1. The Kier molecular flexibility index (Phi) is 5.13. The molecule has 0 fully saturated rings. The van der Waals surface area contributed by atoms with E-state index < -0.39 is 0 Å². The first-order valence-electron chi connectivity index (χ1n) is 7.09. The fourth-order valence-corrected chi connectivity index (χ4v) is 2.27. The second-order valence-corrected chi connectivity index (χ2v) is 5.34. The largest absolute Gasteiger partial charge is 0.399 e. The van der Waals surface area contributed by atoms with E-state index in [1.54, 1.807) is 0 Å². The third-order valence-electron chi connectivity index (χ3n) is 3.83. The summed E-state index contributed by atoms with van der Waals surface area (Å²) in [5, 5.41) is 0. The molecule has 0 saturated carbocycles. The van der Waals surface area contributed by atoms with Gasteiger partial charge in [0, 0.05) is 30.7 Å². The van der Waals surface area contributed by atoms with Gasteiger partial charge < -0.3 is 10.6 Å². The number of anilines is 1. The van der Waals surface area contributed by atoms with Gasteiger partial charge in [-0.15, -0.1) is 0 Å². The molecule has 20 heavy (non-hydrogen) atoms. The Morgan fingerprint density at radius 1 is 1.15 bits per heavy atom. The van der Waals surface area contributed by atoms with Crippen LogP contribution in [0.15, 0.2) is 48.8 Å². The third kappa shape index (κ3) is 4.07. The highest BCUT2D eigenvalue weighted by Crippen LogP contribution is 2.15. The second kappa shape index (κ2) is 7.06. The number of para-hydroxylation sites is 1. The number of hydrogen-bond acceptors (Lipinski definition) is 3. The van der Waals surface area contributed by atoms with E-state index in [0.29, 0.717) is 6.04 Å². The highest BCUT2D eigenvalue weighted by molar-refractivity contribution is 5.46. The van der Waals surface area contributed by atoms with Crippen LogP contribution in [0.2, 0.25) is 0 Å². The van der Waals surface area contributed by atoms with Crippen LogP contribution in [0.3, 0.4) is 0 Å². The van der Waals surface area contributed by atoms with Crippen molar-refractivity contribution >= 4 is 5.69 Å². The lowest BCUT2D eigenvalue weighted by atomic mass is 10.0. The lowest BCUT2D eigenvalue weighted by Gasteiger charge is -2.25. The summed E-state index contributed by atoms with van der Waals surface area (Å²) in [4.78, 5) is 6.43. The average molecular weight is 269 g/mol. The molecular weight excluding hydrogens is 246 g/mol. The van der Waals surface area contributed by atoms with E-state index in [0.717, 1.165) is 25.1 Å². The van der Waals surface area contributed by atoms with E-state index in [1.807, 2.05) is 24.5 Å². The number of benzene rings is 1. The van der Waals surface area contributed by atoms with Gasteiger partial charge in [0.1, 0.15) is 0 Å². The molecule has 106 valence electrons. The topological polar surface area (TPSA) is 42.1 Å². The molecule has 3 heteroatoms. The molecule has 2 N–H and O–H groups in total. The van der Waals surface area contributed by atoms with Gasteiger partial charge in [0.05, 0.1) is 0 Å². The van der Waals surface area contributed by atoms with Gasteiger partial charge in [-0.1, -0.05) is 18.2 Å². The molecule has 0 aliphatic heterocycles. The maximum Gasteiger partial charge on any atom is 0.0347 e. The molecule has 2 rings (SSSR count). The molecule has 0 amide bonds. The van der Waals surface area contributed by atoms with Gasteiger partial charge in [-0.25, -0.2) is 0 Å². The van der Waals surface area contributed by atoms with Crippen molar-refractivity contribution in [3.63, 3.8) is 0 Å². The molecule has 0 aliphatic carbocycles. The van der Waals surface area contributed by atoms with Crippen LogP contribution in [0.1, 0.15) is 18.1 Å². The van der Waals surface area contributed by atoms with Crippen LogP contribution in [0, 0.1) is 0 Å². The second-order valence-electron chi connectivity index (χ2n) is 5.34. The van der Waals surface area contributed by atoms with Gasteiger partial charge in [0.2, 0.25) is 0 Å². The van der Waals surface area contributed by atoms with Crippen molar-refractivity contribution in [2.75, 3.05) is 19.3 Å². The molecule has 2 aromatic rings. The van der Waals surface area contributed by atoms with Crippen molar-refractivity contribution in [1.82, 2.24) is 9.88 Å². The van der Waals surface area contributed by atoms with Gasteiger partial charge in [-0.3, -0.25) is 4.98 Å². The van der Waals surface area contributed by atoms with Gasteiger partial charge >= 0.3 is 0 Å². The summed E-state index contributed by atoms with van der Waals surface area (Å²) in [7, 11) is 2.17. The fourth-order valence-electron chi connectivity index (χ4n) is 2.27. The first kappa shape index (κ1) is 14.5. The first-order valence-corrected chi connectivity index (χ1v) is 7.09. The van der Waals surface area contributed by atoms with E-state index in [2.05, 4.69) is 48.1 Å². The summed E-state index contributed by atoms with van der Waals surface area (Å²) in [5.74, 6) is 0. The Morgan fingerprint density at radius 2 is 1.85 bits per heavy atom. The van der Waals surface area contributed by atoms with Crippen molar-refractivity contribution in [2.24, 2.45) is 0 Å². The Hall–Kier alpha value is -1.87. The summed E-state index contributed by atoms with van der Waals surface area (Å²) < 4.78 is 0. The number of nitrogens with two attached hydrogens (primary N) is 1. The lowest BCUT2D eigenvalue weighted by molar-refractivity contribution is 0.259. The molecule has 0 saturated heterocycles. The predicted molar refractivity (Wildman–Crippen MR) is 84.6 cm³/mol. The summed E-state index contributed by atoms with van der Waals surface area (Å²) >= 11 is 0. The minimum atomic E-state index is 0.474. The quantitative estimate of drug-likeness (QED) is 0.820. The third-order valence-corrected chi connectivity index (χ3v) is 3.83. The zero-order valence-corrected chi connectivity index (χ0v) is 12.3. The predicted octanol–water partition coefficient (Wildman–Crippen LogP) is 2.77. The van der Waals surface area contributed by atoms with Crippen LogP contribution in [-0.4, -0.2) is 29.5 Å². The average Bonchev–Trinajstić information content (AvgIpc) is 2.48. The normalized spacial score (nSPS) is 12.6. The minimum Gasteiger partial charge on any atom is -0.399 e. The van der Waals surface area contributed by atoms with Crippen molar-refractivity contribution in [3.05, 3.63) is 59.9 Å². The van der Waals surface area contributed by atoms with Crippen molar-refractivity contribution in [2.45, 2.75) is 25.8 Å². The van der Waals surface area contributed by atoms with Crippen molar-refractivity contribution in [3.8, 4) is 0 Å². The minimum absolute atomic E-state index is 0.474. The first-order chi connectivity index (χ1) is 9.66. The Bertz CT molecular complexity index is 525. The van der Waals surface area contributed by atoms with Gasteiger partial charge in [0.15, 0.2) is 0 Å². The van der Waals surface area contributed by atoms with Crippen molar-refractivity contribution in [1.29, 1.82) is 0 Å². The zero-order chi connectivity index (χ0) is 14.4. The van der Waals surface area contributed by atoms with Crippen LogP contribution < -0.4 is 5.73 Å². The number of likely N-dealkylation sites (N-methyl/N-ethyl adjacent to an activating group) is 1. The standard InChI is InChI=1S/C17H23N3/c1-14(13-16-5-3-4-6-17(16)18)20(2)12-9-15-7-10-19-11-8-15/h3-8,10-11,14H,9,12-13,18H2,1-2H3. The lowest BCUT2D eigenvalue weighted by Crippen LogP contribution is -2.32. The molecule has 1 aromatic heterocycles. The van der Waals surface area contributed by atoms with E-state index in [9.17, 15) is 0 Å². The van der Waals surface area contributed by atoms with Crippen LogP contribution in [0.25, 0.3) is 0 Å². The molecule has 0 aliphatic rings. The molecular formula is C17H23N3. The van der Waals surface area contributed by atoms with Crippen LogP contribution >= 0.6 is 0 Å². The fraction of sp³-hybridized carbons (Fsp3) is 0.353. The summed E-state index contributed by atoms with van der Waals surface area (Å²) in [6, 6.07) is 12.7. The van der Waals surface area contributed by atoms with Crippen LogP contribution in [0.4, 0.5) is 5.69 Å². The number of rotatable bonds is 6. The molecule has 1 unspecified atom stereocenters. The monoisotopic (exact) mass is 269 g/mol. The smallest absolute Gasteiger partial charge is 0.0347 e. The van der Waals surface area contributed by atoms with E-state index >= 15 is 0 Å². The molecule has 3 nitrogen and oxygen atoms in total. The van der Waals surface area contributed by atoms with Crippen LogP contribution in [-0.2, 0) is 12.8 Å². The molecule has 0 bridgehead atoms. The van der Waals surface area contributed by atoms with E-state index in [-0.39, 0.29) is 0 Å². The maximum atomic E-state index is 6.01. The number of hydrogen-bond donors (Lipinski definition) is 1. The Balaban J connectivity index is 1.86. The summed E-state index contributed by atoms with van der Waals surface area (Å²) in [6.45, 7) is 3.29. The molecule has 1 aromatic carbocycles. The molecule has 0 spiro atoms. The molecule has 1 heterocycles. The Morgan fingerprint density at radius 3 is 2.55 bits per heavy atom. The highest BCUT2D eigenvalue weighted by Gasteiger charge is 2.11. The summed E-state index contributed by atoms with van der Waals surface area (Å²) in [6.07, 6.45) is 5.74. The zero-order valence-electron chi connectivity index (χ0n) is 12.3. The van der Waals surface area contributed by atoms with Gasteiger partial charge in [0.25, 0.3) is 0 Å². The maximum absolute atomic E-state index is 6.01. The van der Waals surface area contributed by atoms with E-state index in [4.69, 9.17) is 5.73 Å². The SMILES string of the molecule is CC(Cc1ccccc1N)N(C)CCc1ccncc1. The number of aromatic nitrogens is 1. The summed E-state index contributed by atoms with van der Waals surface area (Å²) in [5.41, 5.74) is 9.46. The highest BCUT2D eigenvalue weighted by atomic mass is 15.1. The van der Waals surface area contributed by atoms with Gasteiger partial charge in [-0.2, -0.15) is 0 Å². The number of nitrogen functional groups attached to an aromatic ring is 1. The molecule has 1 atom stereocenters. The number of nitrogens with zero attached hydrogens (tertiary/aromatic N) is 2. The Labute approximate surface area is 121 Å². The van der Waals surface area contributed by atoms with Crippen molar-refractivity contribution < 1.29 is 0 Å². The van der Waals surface area contributed by atoms with E-state index in [1.165, 1.54) is 11.1 Å². The van der Waals surface area contributed by atoms with Crippen LogP contribution in [0.5, 0.6) is 0 Å². The van der Waals surface area contributed by atoms with Gasteiger partial charge in [-0.05, 0) is 56.1 Å². The molecule has 0 radical (unpaired) electrons.